The Bertz CT molecular complexity index is 843. The minimum atomic E-state index is -0.481. The third-order valence-electron chi connectivity index (χ3n) is 3.61. The van der Waals surface area contributed by atoms with Gasteiger partial charge in [-0.25, -0.2) is 5.43 Å². The third-order valence-corrected chi connectivity index (χ3v) is 3.86. The van der Waals surface area contributed by atoms with Crippen LogP contribution in [0.1, 0.15) is 15.9 Å². The van der Waals surface area contributed by atoms with E-state index in [1.54, 1.807) is 36.4 Å². The topological polar surface area (TPSA) is 98.2 Å². The van der Waals surface area contributed by atoms with Crippen molar-refractivity contribution in [2.75, 3.05) is 27.9 Å². The Kier molecular flexibility index (Phi) is 7.65. The lowest BCUT2D eigenvalue weighted by atomic mass is 10.2. The molecule has 8 nitrogen and oxygen atoms in total. The van der Waals surface area contributed by atoms with Crippen LogP contribution in [0.15, 0.2) is 41.5 Å². The summed E-state index contributed by atoms with van der Waals surface area (Å²) in [5, 5.41) is 6.88. The Morgan fingerprint density at radius 3 is 2.18 bits per heavy atom. The van der Waals surface area contributed by atoms with Crippen LogP contribution in [0.25, 0.3) is 0 Å². The second-order valence-electron chi connectivity index (χ2n) is 5.44. The van der Waals surface area contributed by atoms with Crippen LogP contribution >= 0.6 is 11.6 Å². The molecule has 148 valence electrons. The smallest absolute Gasteiger partial charge is 0.259 e. The molecular weight excluding hydrogens is 386 g/mol. The molecule has 0 unspecified atom stereocenters. The van der Waals surface area contributed by atoms with E-state index in [0.29, 0.717) is 33.4 Å². The van der Waals surface area contributed by atoms with Crippen molar-refractivity contribution in [1.82, 2.24) is 10.7 Å². The lowest BCUT2D eigenvalue weighted by Crippen LogP contribution is -2.34. The number of ether oxygens (including phenoxy) is 3. The molecule has 0 spiro atoms. The minimum Gasteiger partial charge on any atom is -0.493 e. The number of carbonyl (C=O) groups is 2. The predicted molar refractivity (Wildman–Crippen MR) is 106 cm³/mol. The lowest BCUT2D eigenvalue weighted by molar-refractivity contribution is -0.120. The molecule has 0 radical (unpaired) electrons. The van der Waals surface area contributed by atoms with Crippen LogP contribution in [0.2, 0.25) is 5.02 Å². The van der Waals surface area contributed by atoms with Crippen molar-refractivity contribution in [3.8, 4) is 17.2 Å². The number of nitrogens with zero attached hydrogens (tertiary/aromatic N) is 1. The van der Waals surface area contributed by atoms with Gasteiger partial charge in [-0.3, -0.25) is 9.59 Å². The number of hydrogen-bond acceptors (Lipinski definition) is 6. The summed E-state index contributed by atoms with van der Waals surface area (Å²) in [6.45, 7) is -0.228. The maximum atomic E-state index is 11.9. The van der Waals surface area contributed by atoms with Crippen molar-refractivity contribution in [1.29, 1.82) is 0 Å². The Hall–Kier alpha value is -3.26. The van der Waals surface area contributed by atoms with Crippen molar-refractivity contribution < 1.29 is 23.8 Å². The van der Waals surface area contributed by atoms with E-state index in [1.807, 2.05) is 0 Å². The molecule has 0 aliphatic heterocycles. The summed E-state index contributed by atoms with van der Waals surface area (Å²) in [5.74, 6) is 0.511. The highest BCUT2D eigenvalue weighted by molar-refractivity contribution is 6.30. The fourth-order valence-electron chi connectivity index (χ4n) is 2.26. The number of methoxy groups -OCH3 is 3. The first-order valence-corrected chi connectivity index (χ1v) is 8.52. The van der Waals surface area contributed by atoms with Gasteiger partial charge in [-0.2, -0.15) is 5.10 Å². The van der Waals surface area contributed by atoms with Crippen molar-refractivity contribution in [2.45, 2.75) is 0 Å². The second-order valence-corrected chi connectivity index (χ2v) is 5.88. The molecule has 2 amide bonds. The first kappa shape index (κ1) is 21.0. The van der Waals surface area contributed by atoms with E-state index in [4.69, 9.17) is 25.8 Å². The molecule has 2 rings (SSSR count). The van der Waals surface area contributed by atoms with E-state index in [2.05, 4.69) is 15.8 Å². The van der Waals surface area contributed by atoms with Gasteiger partial charge < -0.3 is 19.5 Å². The van der Waals surface area contributed by atoms with E-state index in [-0.39, 0.29) is 12.5 Å². The molecule has 2 aromatic carbocycles. The lowest BCUT2D eigenvalue weighted by Gasteiger charge is -2.12. The molecule has 0 aliphatic rings. The summed E-state index contributed by atoms with van der Waals surface area (Å²) in [4.78, 5) is 23.8. The average molecular weight is 406 g/mol. The highest BCUT2D eigenvalue weighted by atomic mass is 35.5. The predicted octanol–water partition coefficient (Wildman–Crippen LogP) is 2.25. The molecule has 0 fully saturated rings. The number of amides is 2. The number of hydrazone groups is 1. The van der Waals surface area contributed by atoms with E-state index in [9.17, 15) is 9.59 Å². The highest BCUT2D eigenvalue weighted by Gasteiger charge is 2.12. The van der Waals surface area contributed by atoms with Gasteiger partial charge in [-0.1, -0.05) is 11.6 Å². The summed E-state index contributed by atoms with van der Waals surface area (Å²) in [6, 6.07) is 9.69. The number of carbonyl (C=O) groups excluding carboxylic acids is 2. The van der Waals surface area contributed by atoms with Crippen LogP contribution in [-0.4, -0.2) is 45.9 Å². The van der Waals surface area contributed by atoms with E-state index < -0.39 is 5.91 Å². The number of nitrogens with one attached hydrogen (secondary N) is 2. The van der Waals surface area contributed by atoms with Gasteiger partial charge in [0.1, 0.15) is 0 Å². The fraction of sp³-hybridized carbons (Fsp3) is 0.211. The monoisotopic (exact) mass is 405 g/mol. The van der Waals surface area contributed by atoms with Crippen LogP contribution in [0, 0.1) is 0 Å². The molecule has 0 atom stereocenters. The number of hydrogen-bond donors (Lipinski definition) is 2. The molecule has 2 aromatic rings. The van der Waals surface area contributed by atoms with E-state index >= 15 is 0 Å². The van der Waals surface area contributed by atoms with Crippen LogP contribution < -0.4 is 25.0 Å². The van der Waals surface area contributed by atoms with Gasteiger partial charge in [-0.05, 0) is 36.4 Å². The summed E-state index contributed by atoms with van der Waals surface area (Å²) in [7, 11) is 4.51. The van der Waals surface area contributed by atoms with Gasteiger partial charge >= 0.3 is 0 Å². The first-order chi connectivity index (χ1) is 13.5. The first-order valence-electron chi connectivity index (χ1n) is 8.14. The average Bonchev–Trinajstić information content (AvgIpc) is 2.71. The fourth-order valence-corrected chi connectivity index (χ4v) is 2.38. The third kappa shape index (κ3) is 5.62. The normalized spacial score (nSPS) is 10.4. The van der Waals surface area contributed by atoms with E-state index in [0.717, 1.165) is 0 Å². The molecule has 2 N–H and O–H groups in total. The summed E-state index contributed by atoms with van der Waals surface area (Å²) < 4.78 is 15.7. The van der Waals surface area contributed by atoms with Gasteiger partial charge in [0.15, 0.2) is 11.5 Å². The number of rotatable bonds is 8. The Morgan fingerprint density at radius 1 is 1.04 bits per heavy atom. The largest absolute Gasteiger partial charge is 0.493 e. The van der Waals surface area contributed by atoms with Gasteiger partial charge in [-0.15, -0.1) is 0 Å². The summed E-state index contributed by atoms with van der Waals surface area (Å²) in [5.41, 5.74) is 3.36. The van der Waals surface area contributed by atoms with Crippen molar-refractivity contribution in [2.24, 2.45) is 5.10 Å². The Morgan fingerprint density at radius 2 is 1.64 bits per heavy atom. The number of benzene rings is 2. The maximum absolute atomic E-state index is 11.9. The standard InChI is InChI=1S/C19H20ClN3O5/c1-26-15-8-12(9-16(27-2)18(15)28-3)10-22-23-17(24)11-21-19(25)13-4-6-14(20)7-5-13/h4-10H,11H2,1-3H3,(H,21,25)(H,23,24). The van der Waals surface area contributed by atoms with Gasteiger partial charge in [0.2, 0.25) is 5.75 Å². The molecule has 0 bridgehead atoms. The molecule has 0 saturated carbocycles. The molecule has 0 aromatic heterocycles. The van der Waals surface area contributed by atoms with E-state index in [1.165, 1.54) is 27.5 Å². The van der Waals surface area contributed by atoms with Crippen LogP contribution in [0.4, 0.5) is 0 Å². The molecule has 9 heteroatoms. The van der Waals surface area contributed by atoms with Crippen LogP contribution in [0.3, 0.4) is 0 Å². The Labute approximate surface area is 167 Å². The van der Waals surface area contributed by atoms with Crippen molar-refractivity contribution >= 4 is 29.6 Å². The summed E-state index contributed by atoms with van der Waals surface area (Å²) in [6.07, 6.45) is 1.42. The minimum absolute atomic E-state index is 0.228. The van der Waals surface area contributed by atoms with Gasteiger partial charge in [0, 0.05) is 16.1 Å². The van der Waals surface area contributed by atoms with Gasteiger partial charge in [0.25, 0.3) is 11.8 Å². The van der Waals surface area contributed by atoms with Gasteiger partial charge in [0.05, 0.1) is 34.1 Å². The molecule has 28 heavy (non-hydrogen) atoms. The maximum Gasteiger partial charge on any atom is 0.259 e. The second kappa shape index (κ2) is 10.2. The number of halogens is 1. The molecular formula is C19H20ClN3O5. The SMILES string of the molecule is COc1cc(C=NNC(=O)CNC(=O)c2ccc(Cl)cc2)cc(OC)c1OC. The van der Waals surface area contributed by atoms with Crippen LogP contribution in [0.5, 0.6) is 17.2 Å². The van der Waals surface area contributed by atoms with Crippen molar-refractivity contribution in [3.05, 3.63) is 52.5 Å². The molecule has 0 saturated heterocycles. The van der Waals surface area contributed by atoms with Crippen LogP contribution in [-0.2, 0) is 4.79 Å². The highest BCUT2D eigenvalue weighted by Crippen LogP contribution is 2.37. The quantitative estimate of drug-likeness (QED) is 0.518. The zero-order valence-corrected chi connectivity index (χ0v) is 16.4. The zero-order chi connectivity index (χ0) is 20.5. The zero-order valence-electron chi connectivity index (χ0n) is 15.6. The molecule has 0 heterocycles. The summed E-state index contributed by atoms with van der Waals surface area (Å²) >= 11 is 5.77. The van der Waals surface area contributed by atoms with Crippen molar-refractivity contribution in [3.63, 3.8) is 0 Å². The Balaban J connectivity index is 1.92. The molecule has 0 aliphatic carbocycles.